The zero-order valence-electron chi connectivity index (χ0n) is 11.9. The molecule has 1 atom stereocenters. The van der Waals surface area contributed by atoms with Crippen molar-refractivity contribution in [3.63, 3.8) is 0 Å². The van der Waals surface area contributed by atoms with Crippen molar-refractivity contribution < 1.29 is 18.7 Å². The van der Waals surface area contributed by atoms with Gasteiger partial charge in [-0.15, -0.1) is 0 Å². The molecule has 110 valence electrons. The number of rotatable bonds is 4. The maximum Gasteiger partial charge on any atom is 0.323 e. The summed E-state index contributed by atoms with van der Waals surface area (Å²) in [5, 5.41) is 0. The van der Waals surface area contributed by atoms with Crippen LogP contribution in [0.1, 0.15) is 24.8 Å². The lowest BCUT2D eigenvalue weighted by atomic mass is 10.0. The first kappa shape index (κ1) is 14.8. The molecule has 1 unspecified atom stereocenters. The summed E-state index contributed by atoms with van der Waals surface area (Å²) >= 11 is 0. The van der Waals surface area contributed by atoms with Gasteiger partial charge in [0.25, 0.3) is 0 Å². The number of methoxy groups -OCH3 is 2. The number of nitrogens with zero attached hydrogens (tertiary/aromatic N) is 1. The van der Waals surface area contributed by atoms with Crippen LogP contribution < -0.4 is 4.74 Å². The van der Waals surface area contributed by atoms with Crippen LogP contribution in [0.25, 0.3) is 0 Å². The molecular formula is C15H20FNO3. The maximum absolute atomic E-state index is 14.0. The van der Waals surface area contributed by atoms with Crippen molar-refractivity contribution in [1.29, 1.82) is 0 Å². The summed E-state index contributed by atoms with van der Waals surface area (Å²) in [7, 11) is 2.91. The zero-order chi connectivity index (χ0) is 14.5. The van der Waals surface area contributed by atoms with E-state index in [1.165, 1.54) is 20.3 Å². The van der Waals surface area contributed by atoms with E-state index in [2.05, 4.69) is 0 Å². The number of benzene rings is 1. The molecule has 0 spiro atoms. The third-order valence-corrected chi connectivity index (χ3v) is 3.74. The lowest BCUT2D eigenvalue weighted by Gasteiger charge is -2.34. The topological polar surface area (TPSA) is 38.8 Å². The number of hydrogen-bond donors (Lipinski definition) is 0. The Morgan fingerprint density at radius 2 is 2.20 bits per heavy atom. The molecule has 0 bridgehead atoms. The molecule has 1 aromatic rings. The van der Waals surface area contributed by atoms with Gasteiger partial charge in [0.1, 0.15) is 17.6 Å². The van der Waals surface area contributed by atoms with E-state index >= 15 is 0 Å². The predicted octanol–water partition coefficient (Wildman–Crippen LogP) is 2.36. The largest absolute Gasteiger partial charge is 0.496 e. The summed E-state index contributed by atoms with van der Waals surface area (Å²) in [6.07, 6.45) is 2.75. The van der Waals surface area contributed by atoms with Gasteiger partial charge in [-0.3, -0.25) is 9.69 Å². The monoisotopic (exact) mass is 281 g/mol. The van der Waals surface area contributed by atoms with Gasteiger partial charge in [0, 0.05) is 12.1 Å². The van der Waals surface area contributed by atoms with Gasteiger partial charge in [0.15, 0.2) is 0 Å². The highest BCUT2D eigenvalue weighted by Crippen LogP contribution is 2.27. The molecule has 1 saturated heterocycles. The summed E-state index contributed by atoms with van der Waals surface area (Å²) in [5.41, 5.74) is 0.491. The van der Waals surface area contributed by atoms with Crippen LogP contribution in [0.3, 0.4) is 0 Å². The molecule has 0 radical (unpaired) electrons. The van der Waals surface area contributed by atoms with E-state index in [1.807, 2.05) is 4.90 Å². The molecule has 2 rings (SSSR count). The minimum absolute atomic E-state index is 0.250. The highest BCUT2D eigenvalue weighted by atomic mass is 19.1. The van der Waals surface area contributed by atoms with Gasteiger partial charge < -0.3 is 9.47 Å². The van der Waals surface area contributed by atoms with E-state index in [9.17, 15) is 9.18 Å². The van der Waals surface area contributed by atoms with Crippen molar-refractivity contribution in [3.8, 4) is 5.75 Å². The molecule has 1 aliphatic heterocycles. The summed E-state index contributed by atoms with van der Waals surface area (Å²) in [5.74, 6) is -0.0438. The van der Waals surface area contributed by atoms with Crippen LogP contribution in [-0.2, 0) is 16.1 Å². The van der Waals surface area contributed by atoms with E-state index in [4.69, 9.17) is 9.47 Å². The van der Waals surface area contributed by atoms with Crippen LogP contribution in [0.5, 0.6) is 5.75 Å². The van der Waals surface area contributed by atoms with Gasteiger partial charge in [-0.2, -0.15) is 0 Å². The first-order chi connectivity index (χ1) is 9.67. The van der Waals surface area contributed by atoms with Crippen molar-refractivity contribution >= 4 is 5.97 Å². The summed E-state index contributed by atoms with van der Waals surface area (Å²) < 4.78 is 24.0. The van der Waals surface area contributed by atoms with Gasteiger partial charge in [-0.25, -0.2) is 4.39 Å². The Labute approximate surface area is 118 Å². The van der Waals surface area contributed by atoms with Crippen LogP contribution >= 0.6 is 0 Å². The number of halogens is 1. The Morgan fingerprint density at radius 1 is 1.40 bits per heavy atom. The van der Waals surface area contributed by atoms with Crippen molar-refractivity contribution in [2.45, 2.75) is 31.8 Å². The van der Waals surface area contributed by atoms with Crippen molar-refractivity contribution in [2.75, 3.05) is 20.8 Å². The normalized spacial score (nSPS) is 19.6. The van der Waals surface area contributed by atoms with E-state index in [-0.39, 0.29) is 17.8 Å². The molecule has 0 saturated carbocycles. The Kier molecular flexibility index (Phi) is 4.95. The van der Waals surface area contributed by atoms with Gasteiger partial charge in [-0.05, 0) is 31.5 Å². The first-order valence-corrected chi connectivity index (χ1v) is 6.80. The molecule has 1 heterocycles. The van der Waals surface area contributed by atoms with Crippen molar-refractivity contribution in [1.82, 2.24) is 4.90 Å². The number of carbonyl (C=O) groups is 1. The van der Waals surface area contributed by atoms with E-state index < -0.39 is 0 Å². The number of carbonyl (C=O) groups excluding carboxylic acids is 1. The number of hydrogen-bond acceptors (Lipinski definition) is 4. The second kappa shape index (κ2) is 6.70. The fraction of sp³-hybridized carbons (Fsp3) is 0.533. The fourth-order valence-corrected chi connectivity index (χ4v) is 2.67. The molecule has 4 nitrogen and oxygen atoms in total. The smallest absolute Gasteiger partial charge is 0.323 e. The van der Waals surface area contributed by atoms with Crippen LogP contribution in [-0.4, -0.2) is 37.7 Å². The average Bonchev–Trinajstić information content (AvgIpc) is 2.49. The second-order valence-electron chi connectivity index (χ2n) is 4.93. The van der Waals surface area contributed by atoms with Crippen LogP contribution in [0.2, 0.25) is 0 Å². The molecule has 5 heteroatoms. The van der Waals surface area contributed by atoms with Crippen LogP contribution in [0.4, 0.5) is 4.39 Å². The summed E-state index contributed by atoms with van der Waals surface area (Å²) in [6, 6.07) is 4.47. The first-order valence-electron chi connectivity index (χ1n) is 6.80. The Bertz CT molecular complexity index is 478. The number of likely N-dealkylation sites (tertiary alicyclic amines) is 1. The predicted molar refractivity (Wildman–Crippen MR) is 73.0 cm³/mol. The summed E-state index contributed by atoms with van der Waals surface area (Å²) in [6.45, 7) is 1.12. The van der Waals surface area contributed by atoms with Crippen LogP contribution in [0, 0.1) is 5.82 Å². The molecular weight excluding hydrogens is 261 g/mol. The molecule has 1 aliphatic rings. The quantitative estimate of drug-likeness (QED) is 0.794. The SMILES string of the molecule is COC(=O)C1CCCCN1Cc1c(F)cccc1OC. The van der Waals surface area contributed by atoms with E-state index in [1.54, 1.807) is 12.1 Å². The van der Waals surface area contributed by atoms with Crippen molar-refractivity contribution in [3.05, 3.63) is 29.6 Å². The lowest BCUT2D eigenvalue weighted by Crippen LogP contribution is -2.44. The molecule has 0 aromatic heterocycles. The number of esters is 1. The van der Waals surface area contributed by atoms with Gasteiger partial charge >= 0.3 is 5.97 Å². The summed E-state index contributed by atoms with van der Waals surface area (Å²) in [4.78, 5) is 13.8. The molecule has 1 aromatic carbocycles. The Morgan fingerprint density at radius 3 is 2.90 bits per heavy atom. The molecule has 20 heavy (non-hydrogen) atoms. The fourth-order valence-electron chi connectivity index (χ4n) is 2.67. The van der Waals surface area contributed by atoms with Crippen LogP contribution in [0.15, 0.2) is 18.2 Å². The standard InChI is InChI=1S/C15H20FNO3/c1-19-14-8-5-6-12(16)11(14)10-17-9-4-3-7-13(17)15(18)20-2/h5-6,8,13H,3-4,7,9-10H2,1-2H3. The maximum atomic E-state index is 14.0. The lowest BCUT2D eigenvalue weighted by molar-refractivity contribution is -0.148. The Hall–Kier alpha value is -1.62. The second-order valence-corrected chi connectivity index (χ2v) is 4.93. The number of piperidine rings is 1. The van der Waals surface area contributed by atoms with Crippen molar-refractivity contribution in [2.24, 2.45) is 0 Å². The third-order valence-electron chi connectivity index (χ3n) is 3.74. The minimum atomic E-state index is -0.307. The molecule has 0 aliphatic carbocycles. The molecule has 0 amide bonds. The molecule has 1 fully saturated rings. The highest BCUT2D eigenvalue weighted by Gasteiger charge is 2.30. The molecule has 0 N–H and O–H groups in total. The average molecular weight is 281 g/mol. The van der Waals surface area contributed by atoms with Gasteiger partial charge in [-0.1, -0.05) is 12.5 Å². The zero-order valence-corrected chi connectivity index (χ0v) is 11.9. The number of ether oxygens (including phenoxy) is 2. The van der Waals surface area contributed by atoms with E-state index in [0.29, 0.717) is 17.9 Å². The Balaban J connectivity index is 2.21. The van der Waals surface area contributed by atoms with Gasteiger partial charge in [0.2, 0.25) is 0 Å². The minimum Gasteiger partial charge on any atom is -0.496 e. The highest BCUT2D eigenvalue weighted by molar-refractivity contribution is 5.75. The van der Waals surface area contributed by atoms with E-state index in [0.717, 1.165) is 25.8 Å². The van der Waals surface area contributed by atoms with Gasteiger partial charge in [0.05, 0.1) is 14.2 Å². The third kappa shape index (κ3) is 3.10.